The Morgan fingerprint density at radius 3 is 2.33 bits per heavy atom. The Balaban J connectivity index is 3.09. The molecule has 0 atom stereocenters. The van der Waals surface area contributed by atoms with E-state index in [1.54, 1.807) is 0 Å². The standard InChI is InChI=1S/C7H4Cl2F2O3S/c8-5-3-4(15(9,12)13)1-2-6(5)14-7(10)11/h1-3,7H. The second kappa shape index (κ2) is 4.51. The largest absolute Gasteiger partial charge is 0.433 e. The molecule has 0 amide bonds. The second-order valence-corrected chi connectivity index (χ2v) is 5.38. The van der Waals surface area contributed by atoms with E-state index in [0.29, 0.717) is 0 Å². The Hall–Kier alpha value is -0.590. The van der Waals surface area contributed by atoms with Crippen LogP contribution in [0, 0.1) is 0 Å². The maximum atomic E-state index is 11.8. The summed E-state index contributed by atoms with van der Waals surface area (Å²) in [5.41, 5.74) is 0. The lowest BCUT2D eigenvalue weighted by atomic mass is 10.3. The van der Waals surface area contributed by atoms with Gasteiger partial charge in [-0.25, -0.2) is 8.42 Å². The van der Waals surface area contributed by atoms with Gasteiger partial charge in [0.1, 0.15) is 5.75 Å². The predicted octanol–water partition coefficient (Wildman–Crippen LogP) is 2.87. The van der Waals surface area contributed by atoms with Gasteiger partial charge in [0.05, 0.1) is 9.92 Å². The van der Waals surface area contributed by atoms with Crippen molar-refractivity contribution in [2.24, 2.45) is 0 Å². The lowest BCUT2D eigenvalue weighted by molar-refractivity contribution is -0.0498. The summed E-state index contributed by atoms with van der Waals surface area (Å²) in [6.07, 6.45) is 0. The minimum Gasteiger partial charge on any atom is -0.433 e. The molecular weight excluding hydrogens is 273 g/mol. The first-order valence-corrected chi connectivity index (χ1v) is 6.18. The van der Waals surface area contributed by atoms with Crippen molar-refractivity contribution in [3.63, 3.8) is 0 Å². The minimum atomic E-state index is -3.93. The minimum absolute atomic E-state index is 0.253. The molecule has 0 saturated carbocycles. The van der Waals surface area contributed by atoms with E-state index >= 15 is 0 Å². The Morgan fingerprint density at radius 2 is 1.93 bits per heavy atom. The van der Waals surface area contributed by atoms with Gasteiger partial charge in [-0.05, 0) is 18.2 Å². The third-order valence-electron chi connectivity index (χ3n) is 1.40. The van der Waals surface area contributed by atoms with Crippen LogP contribution >= 0.6 is 22.3 Å². The molecule has 1 rings (SSSR count). The first kappa shape index (κ1) is 12.5. The molecule has 1 aromatic carbocycles. The highest BCUT2D eigenvalue weighted by molar-refractivity contribution is 8.13. The monoisotopic (exact) mass is 276 g/mol. The molecule has 0 spiro atoms. The fraction of sp³-hybridized carbons (Fsp3) is 0.143. The van der Waals surface area contributed by atoms with Crippen LogP contribution in [0.3, 0.4) is 0 Å². The Kier molecular flexibility index (Phi) is 3.75. The predicted molar refractivity (Wildman–Crippen MR) is 51.1 cm³/mol. The molecule has 3 nitrogen and oxygen atoms in total. The van der Waals surface area contributed by atoms with E-state index in [-0.39, 0.29) is 15.7 Å². The van der Waals surface area contributed by atoms with E-state index < -0.39 is 15.7 Å². The van der Waals surface area contributed by atoms with Gasteiger partial charge < -0.3 is 4.74 Å². The molecule has 0 heterocycles. The molecule has 0 saturated heterocycles. The highest BCUT2D eigenvalue weighted by Gasteiger charge is 2.14. The van der Waals surface area contributed by atoms with Gasteiger partial charge in [-0.15, -0.1) is 0 Å². The van der Waals surface area contributed by atoms with Gasteiger partial charge in [0, 0.05) is 10.7 Å². The number of ether oxygens (including phenoxy) is 1. The molecule has 0 aliphatic heterocycles. The molecule has 8 heteroatoms. The van der Waals surface area contributed by atoms with Gasteiger partial charge in [-0.3, -0.25) is 0 Å². The van der Waals surface area contributed by atoms with Gasteiger partial charge >= 0.3 is 6.61 Å². The zero-order valence-corrected chi connectivity index (χ0v) is 9.28. The van der Waals surface area contributed by atoms with Gasteiger partial charge in [0.15, 0.2) is 0 Å². The van der Waals surface area contributed by atoms with E-state index in [1.165, 1.54) is 0 Å². The lowest BCUT2D eigenvalue weighted by Gasteiger charge is -2.06. The fourth-order valence-corrected chi connectivity index (χ4v) is 1.89. The van der Waals surface area contributed by atoms with Crippen molar-refractivity contribution in [3.8, 4) is 5.75 Å². The molecule has 0 fully saturated rings. The summed E-state index contributed by atoms with van der Waals surface area (Å²) in [5.74, 6) is -0.310. The van der Waals surface area contributed by atoms with Crippen LogP contribution in [0.4, 0.5) is 8.78 Å². The highest BCUT2D eigenvalue weighted by atomic mass is 35.7. The van der Waals surface area contributed by atoms with Gasteiger partial charge in [-0.2, -0.15) is 8.78 Å². The molecule has 0 bridgehead atoms. The lowest BCUT2D eigenvalue weighted by Crippen LogP contribution is -2.02. The molecule has 0 unspecified atom stereocenters. The third-order valence-corrected chi connectivity index (χ3v) is 3.05. The highest BCUT2D eigenvalue weighted by Crippen LogP contribution is 2.29. The molecule has 0 radical (unpaired) electrons. The quantitative estimate of drug-likeness (QED) is 0.798. The van der Waals surface area contributed by atoms with E-state index in [4.69, 9.17) is 22.3 Å². The molecule has 0 aliphatic rings. The van der Waals surface area contributed by atoms with Crippen molar-refractivity contribution in [3.05, 3.63) is 23.2 Å². The molecule has 0 aliphatic carbocycles. The Morgan fingerprint density at radius 1 is 1.33 bits per heavy atom. The smallest absolute Gasteiger partial charge is 0.387 e. The summed E-state index contributed by atoms with van der Waals surface area (Å²) in [5, 5.41) is -0.253. The van der Waals surface area contributed by atoms with Crippen molar-refractivity contribution in [2.45, 2.75) is 11.5 Å². The summed E-state index contributed by atoms with van der Waals surface area (Å²) >= 11 is 5.50. The van der Waals surface area contributed by atoms with Gasteiger partial charge in [-0.1, -0.05) is 11.6 Å². The average molecular weight is 277 g/mol. The van der Waals surface area contributed by atoms with Crippen LogP contribution < -0.4 is 4.74 Å². The number of alkyl halides is 2. The molecule has 0 N–H and O–H groups in total. The topological polar surface area (TPSA) is 43.4 Å². The van der Waals surface area contributed by atoms with Crippen LogP contribution in [0.1, 0.15) is 0 Å². The maximum absolute atomic E-state index is 11.8. The van der Waals surface area contributed by atoms with Crippen LogP contribution in [-0.2, 0) is 9.05 Å². The first-order valence-electron chi connectivity index (χ1n) is 3.50. The van der Waals surface area contributed by atoms with Gasteiger partial charge in [0.25, 0.3) is 9.05 Å². The van der Waals surface area contributed by atoms with Crippen molar-refractivity contribution < 1.29 is 21.9 Å². The maximum Gasteiger partial charge on any atom is 0.387 e. The number of hydrogen-bond donors (Lipinski definition) is 0. The number of rotatable bonds is 3. The Bertz CT molecular complexity index is 461. The summed E-state index contributed by atoms with van der Waals surface area (Å²) < 4.78 is 49.3. The first-order chi connectivity index (χ1) is 6.80. The SMILES string of the molecule is O=S(=O)(Cl)c1ccc(OC(F)F)c(Cl)c1. The van der Waals surface area contributed by atoms with Crippen molar-refractivity contribution in [1.82, 2.24) is 0 Å². The third kappa shape index (κ3) is 3.48. The summed E-state index contributed by atoms with van der Waals surface area (Å²) in [4.78, 5) is -0.282. The van der Waals surface area contributed by atoms with Crippen LogP contribution in [0.2, 0.25) is 5.02 Å². The Labute approximate surface area is 94.0 Å². The molecule has 0 aromatic heterocycles. The van der Waals surface area contributed by atoms with Crippen LogP contribution in [0.5, 0.6) is 5.75 Å². The molecule has 1 aromatic rings. The van der Waals surface area contributed by atoms with Crippen molar-refractivity contribution in [1.29, 1.82) is 0 Å². The van der Waals surface area contributed by atoms with E-state index in [9.17, 15) is 17.2 Å². The zero-order chi connectivity index (χ0) is 11.6. The average Bonchev–Trinajstić information content (AvgIpc) is 2.05. The van der Waals surface area contributed by atoms with E-state index in [0.717, 1.165) is 18.2 Å². The summed E-state index contributed by atoms with van der Waals surface area (Å²) in [6.45, 7) is -3.03. The van der Waals surface area contributed by atoms with Crippen LogP contribution in [0.25, 0.3) is 0 Å². The van der Waals surface area contributed by atoms with Crippen LogP contribution in [-0.4, -0.2) is 15.0 Å². The summed E-state index contributed by atoms with van der Waals surface area (Å²) in [6, 6.07) is 2.96. The van der Waals surface area contributed by atoms with Gasteiger partial charge in [0.2, 0.25) is 0 Å². The second-order valence-electron chi connectivity index (χ2n) is 2.41. The van der Waals surface area contributed by atoms with Crippen molar-refractivity contribution >= 4 is 31.3 Å². The normalized spacial score (nSPS) is 11.8. The molecule has 84 valence electrons. The summed E-state index contributed by atoms with van der Waals surface area (Å²) in [7, 11) is 1.09. The fourth-order valence-electron chi connectivity index (χ4n) is 0.825. The molecular formula is C7H4Cl2F2O3S. The van der Waals surface area contributed by atoms with E-state index in [1.807, 2.05) is 0 Å². The number of benzene rings is 1. The van der Waals surface area contributed by atoms with Crippen LogP contribution in [0.15, 0.2) is 23.1 Å². The van der Waals surface area contributed by atoms with Crippen molar-refractivity contribution in [2.75, 3.05) is 0 Å². The number of halogens is 4. The zero-order valence-electron chi connectivity index (χ0n) is 6.95. The molecule has 15 heavy (non-hydrogen) atoms. The number of hydrogen-bond acceptors (Lipinski definition) is 3. The van der Waals surface area contributed by atoms with E-state index in [2.05, 4.69) is 4.74 Å².